The number of nitrogens with zero attached hydrogens (tertiary/aromatic N) is 1. The lowest BCUT2D eigenvalue weighted by Crippen LogP contribution is -2.20. The minimum absolute atomic E-state index is 0.194. The summed E-state index contributed by atoms with van der Waals surface area (Å²) < 4.78 is 6.60. The van der Waals surface area contributed by atoms with Gasteiger partial charge < -0.3 is 14.3 Å². The van der Waals surface area contributed by atoms with E-state index in [4.69, 9.17) is 27.6 Å². The average Bonchev–Trinajstić information content (AvgIpc) is 3.13. The highest BCUT2D eigenvalue weighted by Crippen LogP contribution is 2.23. The first-order valence-corrected chi connectivity index (χ1v) is 8.44. The molecule has 3 rings (SSSR count). The van der Waals surface area contributed by atoms with Crippen LogP contribution in [0, 0.1) is 0 Å². The number of halogens is 2. The number of carbonyl (C=O) groups is 1. The molecule has 0 saturated heterocycles. The van der Waals surface area contributed by atoms with Gasteiger partial charge in [-0.3, -0.25) is 9.59 Å². The van der Waals surface area contributed by atoms with Crippen molar-refractivity contribution in [3.63, 3.8) is 0 Å². The molecule has 0 aliphatic rings. The second-order valence-corrected chi connectivity index (χ2v) is 6.28. The number of benzene rings is 1. The highest BCUT2D eigenvalue weighted by Gasteiger charge is 2.05. The van der Waals surface area contributed by atoms with Gasteiger partial charge in [-0.25, -0.2) is 0 Å². The van der Waals surface area contributed by atoms with Crippen molar-refractivity contribution in [3.8, 4) is 0 Å². The van der Waals surface area contributed by atoms with Crippen LogP contribution >= 0.6 is 23.2 Å². The Kier molecular flexibility index (Phi) is 5.61. The molecule has 132 valence electrons. The molecule has 2 heterocycles. The number of rotatable bonds is 5. The van der Waals surface area contributed by atoms with Gasteiger partial charge in [0.2, 0.25) is 5.91 Å². The molecule has 1 N–H and O–H groups in total. The standard InChI is InChI=1S/C19H14Cl2N2O3/c20-16-6-3-13(10-17(16)21)11-23-12-14(4-8-19(23)25)22-18(24)7-5-15-2-1-9-26-15/h1-10,12H,11H2,(H,22,24). The molecule has 26 heavy (non-hydrogen) atoms. The highest BCUT2D eigenvalue weighted by atomic mass is 35.5. The minimum Gasteiger partial charge on any atom is -0.465 e. The first-order valence-electron chi connectivity index (χ1n) is 7.68. The normalized spacial score (nSPS) is 11.0. The van der Waals surface area contributed by atoms with Crippen LogP contribution in [0.2, 0.25) is 10.0 Å². The molecule has 1 amide bonds. The van der Waals surface area contributed by atoms with Crippen molar-refractivity contribution < 1.29 is 9.21 Å². The molecule has 7 heteroatoms. The van der Waals surface area contributed by atoms with E-state index in [-0.39, 0.29) is 11.5 Å². The van der Waals surface area contributed by atoms with Crippen molar-refractivity contribution in [3.05, 3.63) is 92.7 Å². The lowest BCUT2D eigenvalue weighted by atomic mass is 10.2. The van der Waals surface area contributed by atoms with E-state index in [1.165, 1.54) is 23.0 Å². The maximum absolute atomic E-state index is 12.1. The van der Waals surface area contributed by atoms with E-state index in [0.29, 0.717) is 28.0 Å². The van der Waals surface area contributed by atoms with E-state index >= 15 is 0 Å². The van der Waals surface area contributed by atoms with E-state index in [0.717, 1.165) is 5.56 Å². The summed E-state index contributed by atoms with van der Waals surface area (Å²) in [6, 6.07) is 11.6. The Morgan fingerprint density at radius 3 is 2.73 bits per heavy atom. The maximum atomic E-state index is 12.1. The van der Waals surface area contributed by atoms with Gasteiger partial charge in [0.15, 0.2) is 0 Å². The molecule has 0 radical (unpaired) electrons. The lowest BCUT2D eigenvalue weighted by Gasteiger charge is -2.09. The quantitative estimate of drug-likeness (QED) is 0.656. The molecule has 0 atom stereocenters. The number of pyridine rings is 1. The Bertz CT molecular complexity index is 1010. The molecule has 1 aromatic carbocycles. The van der Waals surface area contributed by atoms with Crippen LogP contribution < -0.4 is 10.9 Å². The third-order valence-electron chi connectivity index (χ3n) is 3.53. The molecular weight excluding hydrogens is 375 g/mol. The second kappa shape index (κ2) is 8.08. The van der Waals surface area contributed by atoms with Crippen LogP contribution in [-0.4, -0.2) is 10.5 Å². The molecule has 0 unspecified atom stereocenters. The first kappa shape index (κ1) is 18.0. The average molecular weight is 389 g/mol. The Balaban J connectivity index is 1.73. The van der Waals surface area contributed by atoms with E-state index < -0.39 is 0 Å². The SMILES string of the molecule is O=C(C=Cc1ccco1)Nc1ccc(=O)n(Cc2ccc(Cl)c(Cl)c2)c1. The van der Waals surface area contributed by atoms with Crippen LogP contribution in [0.25, 0.3) is 6.08 Å². The van der Waals surface area contributed by atoms with Crippen LogP contribution in [0.5, 0.6) is 0 Å². The van der Waals surface area contributed by atoms with Crippen molar-refractivity contribution >= 4 is 40.9 Å². The number of furan rings is 1. The molecule has 0 aliphatic carbocycles. The third kappa shape index (κ3) is 4.65. The summed E-state index contributed by atoms with van der Waals surface area (Å²) in [6.07, 6.45) is 6.01. The van der Waals surface area contributed by atoms with E-state index in [9.17, 15) is 9.59 Å². The molecule has 0 aliphatic heterocycles. The fourth-order valence-corrected chi connectivity index (χ4v) is 2.61. The zero-order valence-corrected chi connectivity index (χ0v) is 15.0. The van der Waals surface area contributed by atoms with Gasteiger partial charge in [-0.1, -0.05) is 29.3 Å². The van der Waals surface area contributed by atoms with Gasteiger partial charge in [0, 0.05) is 18.3 Å². The zero-order valence-electron chi connectivity index (χ0n) is 13.5. The molecule has 2 aromatic heterocycles. The number of amides is 1. The summed E-state index contributed by atoms with van der Waals surface area (Å²) >= 11 is 11.9. The molecule has 0 fully saturated rings. The molecule has 0 bridgehead atoms. The van der Waals surface area contributed by atoms with Gasteiger partial charge in [-0.2, -0.15) is 0 Å². The van der Waals surface area contributed by atoms with Crippen LogP contribution in [0.3, 0.4) is 0 Å². The van der Waals surface area contributed by atoms with Gasteiger partial charge in [0.05, 0.1) is 28.5 Å². The van der Waals surface area contributed by atoms with Crippen LogP contribution in [0.15, 0.2) is 70.2 Å². The maximum Gasteiger partial charge on any atom is 0.250 e. The van der Waals surface area contributed by atoms with Gasteiger partial charge >= 0.3 is 0 Å². The van der Waals surface area contributed by atoms with Gasteiger partial charge in [-0.15, -0.1) is 0 Å². The number of carbonyl (C=O) groups excluding carboxylic acids is 1. The van der Waals surface area contributed by atoms with E-state index in [2.05, 4.69) is 5.32 Å². The topological polar surface area (TPSA) is 64.2 Å². The van der Waals surface area contributed by atoms with Crippen molar-refractivity contribution in [1.82, 2.24) is 4.57 Å². The van der Waals surface area contributed by atoms with Crippen LogP contribution in [-0.2, 0) is 11.3 Å². The van der Waals surface area contributed by atoms with Crippen molar-refractivity contribution in [2.24, 2.45) is 0 Å². The number of nitrogens with one attached hydrogen (secondary N) is 1. The number of anilines is 1. The molecule has 0 saturated carbocycles. The van der Waals surface area contributed by atoms with Crippen LogP contribution in [0.1, 0.15) is 11.3 Å². The Morgan fingerprint density at radius 1 is 1.15 bits per heavy atom. The summed E-state index contributed by atoms with van der Waals surface area (Å²) in [5.74, 6) is 0.242. The lowest BCUT2D eigenvalue weighted by molar-refractivity contribution is -0.111. The number of aromatic nitrogens is 1. The fraction of sp³-hybridized carbons (Fsp3) is 0.0526. The summed E-state index contributed by atoms with van der Waals surface area (Å²) in [5, 5.41) is 3.58. The van der Waals surface area contributed by atoms with Crippen molar-refractivity contribution in [2.45, 2.75) is 6.54 Å². The predicted octanol–water partition coefficient (Wildman–Crippen LogP) is 4.45. The van der Waals surface area contributed by atoms with Crippen molar-refractivity contribution in [1.29, 1.82) is 0 Å². The second-order valence-electron chi connectivity index (χ2n) is 5.47. The van der Waals surface area contributed by atoms with Gasteiger partial charge in [0.25, 0.3) is 5.56 Å². The summed E-state index contributed by atoms with van der Waals surface area (Å²) in [6.45, 7) is 0.307. The molecule has 5 nitrogen and oxygen atoms in total. The van der Waals surface area contributed by atoms with Gasteiger partial charge in [-0.05, 0) is 42.0 Å². The Labute approximate surface area is 159 Å². The molecule has 0 spiro atoms. The number of hydrogen-bond acceptors (Lipinski definition) is 3. The minimum atomic E-state index is -0.332. The molecule has 3 aromatic rings. The monoisotopic (exact) mass is 388 g/mol. The summed E-state index contributed by atoms with van der Waals surface area (Å²) in [5.41, 5.74) is 1.13. The predicted molar refractivity (Wildman–Crippen MR) is 103 cm³/mol. The Morgan fingerprint density at radius 2 is 2.00 bits per heavy atom. The van der Waals surface area contributed by atoms with Crippen LogP contribution in [0.4, 0.5) is 5.69 Å². The Hall–Kier alpha value is -2.76. The molecular formula is C19H14Cl2N2O3. The van der Waals surface area contributed by atoms with Crippen molar-refractivity contribution in [2.75, 3.05) is 5.32 Å². The fourth-order valence-electron chi connectivity index (χ4n) is 2.29. The number of hydrogen-bond donors (Lipinski definition) is 1. The largest absolute Gasteiger partial charge is 0.465 e. The summed E-state index contributed by atoms with van der Waals surface area (Å²) in [4.78, 5) is 24.0. The summed E-state index contributed by atoms with van der Waals surface area (Å²) in [7, 11) is 0. The third-order valence-corrected chi connectivity index (χ3v) is 4.27. The zero-order chi connectivity index (χ0) is 18.5. The smallest absolute Gasteiger partial charge is 0.250 e. The van der Waals surface area contributed by atoms with E-state index in [1.54, 1.807) is 48.7 Å². The first-order chi connectivity index (χ1) is 12.5. The van der Waals surface area contributed by atoms with Gasteiger partial charge in [0.1, 0.15) is 5.76 Å². The van der Waals surface area contributed by atoms with E-state index in [1.807, 2.05) is 0 Å². The highest BCUT2D eigenvalue weighted by molar-refractivity contribution is 6.42.